The summed E-state index contributed by atoms with van der Waals surface area (Å²) in [6, 6.07) is 24.3. The van der Waals surface area contributed by atoms with Crippen molar-refractivity contribution in [3.63, 3.8) is 0 Å². The first-order chi connectivity index (χ1) is 18.5. The smallest absolute Gasteiger partial charge is 0.157 e. The predicted octanol–water partition coefficient (Wildman–Crippen LogP) is 5.76. The van der Waals surface area contributed by atoms with Gasteiger partial charge in [-0.3, -0.25) is 0 Å². The number of imidazole rings is 1. The molecule has 0 spiro atoms. The standard InChI is InChI=1S/C31H30FN3O3/c32-23-10-7-21(8-11-23)19-35-28-14-13-25(38-20-24-12-9-22-5-1-2-6-26(22)33-24)17-27(28)34-29(35)18-31(30(36)37)15-3-4-16-31/h1-2,5-14,17,30,36-37H,3-4,15-16,18-20H2. The minimum Gasteiger partial charge on any atom is -0.487 e. The molecule has 6 rings (SSSR count). The van der Waals surface area contributed by atoms with E-state index in [2.05, 4.69) is 9.55 Å². The van der Waals surface area contributed by atoms with Gasteiger partial charge in [-0.25, -0.2) is 14.4 Å². The van der Waals surface area contributed by atoms with Crippen LogP contribution in [0.15, 0.2) is 78.9 Å². The van der Waals surface area contributed by atoms with Crippen LogP contribution in [0.1, 0.15) is 42.8 Å². The third kappa shape index (κ3) is 4.87. The van der Waals surface area contributed by atoms with Gasteiger partial charge < -0.3 is 19.5 Å². The van der Waals surface area contributed by atoms with Crippen LogP contribution >= 0.6 is 0 Å². The number of rotatable bonds is 8. The third-order valence-electron chi connectivity index (χ3n) is 7.75. The summed E-state index contributed by atoms with van der Waals surface area (Å²) in [7, 11) is 0. The van der Waals surface area contributed by atoms with Crippen molar-refractivity contribution >= 4 is 21.9 Å². The Labute approximate surface area is 220 Å². The van der Waals surface area contributed by atoms with Gasteiger partial charge in [0.2, 0.25) is 0 Å². The zero-order valence-corrected chi connectivity index (χ0v) is 21.1. The zero-order chi connectivity index (χ0) is 26.1. The first-order valence-electron chi connectivity index (χ1n) is 13.1. The normalized spacial score (nSPS) is 15.1. The van der Waals surface area contributed by atoms with Crippen molar-refractivity contribution in [3.8, 4) is 5.75 Å². The topological polar surface area (TPSA) is 80.4 Å². The molecule has 0 atom stereocenters. The number of pyridine rings is 1. The molecule has 1 saturated carbocycles. The Kier molecular flexibility index (Phi) is 6.55. The Morgan fingerprint density at radius 1 is 0.895 bits per heavy atom. The summed E-state index contributed by atoms with van der Waals surface area (Å²) in [5.41, 5.74) is 3.79. The van der Waals surface area contributed by atoms with Gasteiger partial charge in [-0.1, -0.05) is 49.2 Å². The molecule has 2 N–H and O–H groups in total. The summed E-state index contributed by atoms with van der Waals surface area (Å²) < 4.78 is 21.7. The van der Waals surface area contributed by atoms with Crippen molar-refractivity contribution in [1.29, 1.82) is 0 Å². The van der Waals surface area contributed by atoms with Crippen LogP contribution in [0.3, 0.4) is 0 Å². The van der Waals surface area contributed by atoms with Gasteiger partial charge in [0, 0.05) is 29.8 Å². The number of aliphatic hydroxyl groups is 2. The van der Waals surface area contributed by atoms with E-state index in [-0.39, 0.29) is 5.82 Å². The van der Waals surface area contributed by atoms with E-state index in [1.807, 2.05) is 54.6 Å². The average Bonchev–Trinajstić information content (AvgIpc) is 3.54. The molecule has 1 aliphatic carbocycles. The molecule has 0 amide bonds. The lowest BCUT2D eigenvalue weighted by Crippen LogP contribution is -2.35. The molecule has 1 aliphatic rings. The lowest BCUT2D eigenvalue weighted by Gasteiger charge is -2.30. The van der Waals surface area contributed by atoms with Gasteiger partial charge in [0.25, 0.3) is 0 Å². The van der Waals surface area contributed by atoms with Crippen LogP contribution in [0.25, 0.3) is 21.9 Å². The van der Waals surface area contributed by atoms with E-state index in [9.17, 15) is 14.6 Å². The van der Waals surface area contributed by atoms with Gasteiger partial charge in [0.1, 0.15) is 24.0 Å². The Morgan fingerprint density at radius 2 is 1.68 bits per heavy atom. The summed E-state index contributed by atoms with van der Waals surface area (Å²) >= 11 is 0. The SMILES string of the molecule is OC(O)C1(Cc2nc3cc(OCc4ccc5ccccc5n4)ccc3n2Cc2ccc(F)cc2)CCCC1. The van der Waals surface area contributed by atoms with Gasteiger partial charge in [-0.15, -0.1) is 0 Å². The number of hydrogen-bond donors (Lipinski definition) is 2. The minimum atomic E-state index is -1.41. The molecular weight excluding hydrogens is 481 g/mol. The number of hydrogen-bond acceptors (Lipinski definition) is 5. The van der Waals surface area contributed by atoms with Gasteiger partial charge >= 0.3 is 0 Å². The van der Waals surface area contributed by atoms with Crippen LogP contribution in [0.4, 0.5) is 4.39 Å². The fraction of sp³-hybridized carbons (Fsp3) is 0.290. The molecule has 38 heavy (non-hydrogen) atoms. The zero-order valence-electron chi connectivity index (χ0n) is 21.1. The number of halogens is 1. The second kappa shape index (κ2) is 10.2. The molecule has 1 fully saturated rings. The van der Waals surface area contributed by atoms with Crippen molar-refractivity contribution in [3.05, 3.63) is 102 Å². The van der Waals surface area contributed by atoms with E-state index >= 15 is 0 Å². The second-order valence-corrected chi connectivity index (χ2v) is 10.3. The van der Waals surface area contributed by atoms with E-state index in [0.717, 1.165) is 64.7 Å². The Morgan fingerprint density at radius 3 is 2.47 bits per heavy atom. The number of nitrogens with zero attached hydrogens (tertiary/aromatic N) is 3. The maximum Gasteiger partial charge on any atom is 0.157 e. The maximum atomic E-state index is 13.5. The van der Waals surface area contributed by atoms with E-state index in [1.54, 1.807) is 12.1 Å². The van der Waals surface area contributed by atoms with Crippen LogP contribution in [-0.2, 0) is 19.6 Å². The van der Waals surface area contributed by atoms with Gasteiger partial charge in [-0.05, 0) is 54.8 Å². The Bertz CT molecular complexity index is 1570. The molecule has 7 heteroatoms. The highest BCUT2D eigenvalue weighted by molar-refractivity contribution is 5.79. The molecule has 0 saturated heterocycles. The number of fused-ring (bicyclic) bond motifs is 2. The highest BCUT2D eigenvalue weighted by atomic mass is 19.1. The largest absolute Gasteiger partial charge is 0.487 e. The molecule has 5 aromatic rings. The number of benzene rings is 3. The van der Waals surface area contributed by atoms with Crippen LogP contribution in [0, 0.1) is 11.2 Å². The lowest BCUT2D eigenvalue weighted by molar-refractivity contribution is -0.134. The number of aromatic nitrogens is 3. The van der Waals surface area contributed by atoms with E-state index in [0.29, 0.717) is 25.3 Å². The number of para-hydroxylation sites is 1. The van der Waals surface area contributed by atoms with Crippen molar-refractivity contribution in [2.45, 2.75) is 51.5 Å². The molecule has 6 nitrogen and oxygen atoms in total. The fourth-order valence-electron chi connectivity index (χ4n) is 5.60. The molecule has 0 radical (unpaired) electrons. The fourth-order valence-corrected chi connectivity index (χ4v) is 5.60. The van der Waals surface area contributed by atoms with Gasteiger partial charge in [0.05, 0.1) is 22.2 Å². The van der Waals surface area contributed by atoms with Crippen molar-refractivity contribution in [1.82, 2.24) is 14.5 Å². The van der Waals surface area contributed by atoms with E-state index in [4.69, 9.17) is 9.72 Å². The molecule has 0 bridgehead atoms. The van der Waals surface area contributed by atoms with Crippen molar-refractivity contribution < 1.29 is 19.3 Å². The molecule has 2 aromatic heterocycles. The molecular formula is C31H30FN3O3. The second-order valence-electron chi connectivity index (χ2n) is 10.3. The lowest BCUT2D eigenvalue weighted by atomic mass is 9.81. The quantitative estimate of drug-likeness (QED) is 0.259. The van der Waals surface area contributed by atoms with E-state index < -0.39 is 11.7 Å². The van der Waals surface area contributed by atoms with E-state index in [1.165, 1.54) is 12.1 Å². The molecule has 194 valence electrons. The number of aliphatic hydroxyl groups excluding tert-OH is 1. The van der Waals surface area contributed by atoms with Crippen LogP contribution in [0.2, 0.25) is 0 Å². The summed E-state index contributed by atoms with van der Waals surface area (Å²) in [5, 5.41) is 21.7. The summed E-state index contributed by atoms with van der Waals surface area (Å²) in [4.78, 5) is 9.63. The highest BCUT2D eigenvalue weighted by Crippen LogP contribution is 2.43. The van der Waals surface area contributed by atoms with Crippen molar-refractivity contribution in [2.24, 2.45) is 5.41 Å². The first kappa shape index (κ1) is 24.5. The molecule has 0 aliphatic heterocycles. The first-order valence-corrected chi connectivity index (χ1v) is 13.1. The summed E-state index contributed by atoms with van der Waals surface area (Å²) in [6.45, 7) is 0.838. The van der Waals surface area contributed by atoms with Crippen LogP contribution in [0.5, 0.6) is 5.75 Å². The van der Waals surface area contributed by atoms with Crippen molar-refractivity contribution in [2.75, 3.05) is 0 Å². The monoisotopic (exact) mass is 511 g/mol. The van der Waals surface area contributed by atoms with Crippen LogP contribution in [-0.4, -0.2) is 31.0 Å². The predicted molar refractivity (Wildman–Crippen MR) is 144 cm³/mol. The number of ether oxygens (including phenoxy) is 1. The van der Waals surface area contributed by atoms with Crippen LogP contribution < -0.4 is 4.74 Å². The van der Waals surface area contributed by atoms with Gasteiger partial charge in [0.15, 0.2) is 6.29 Å². The minimum absolute atomic E-state index is 0.277. The summed E-state index contributed by atoms with van der Waals surface area (Å²) in [6.07, 6.45) is 2.48. The third-order valence-corrected chi connectivity index (χ3v) is 7.75. The maximum absolute atomic E-state index is 13.5. The summed E-state index contributed by atoms with van der Waals surface area (Å²) in [5.74, 6) is 1.19. The molecule has 3 aromatic carbocycles. The molecule has 2 heterocycles. The van der Waals surface area contributed by atoms with Gasteiger partial charge in [-0.2, -0.15) is 0 Å². The Balaban J connectivity index is 1.31. The Hall–Kier alpha value is -3.81. The highest BCUT2D eigenvalue weighted by Gasteiger charge is 2.41. The average molecular weight is 512 g/mol. The molecule has 0 unspecified atom stereocenters.